The van der Waals surface area contributed by atoms with Crippen LogP contribution < -0.4 is 5.01 Å². The van der Waals surface area contributed by atoms with Gasteiger partial charge in [0.15, 0.2) is 0 Å². The Balaban J connectivity index is 2.39. The summed E-state index contributed by atoms with van der Waals surface area (Å²) in [5, 5.41) is 4.29. The normalized spacial score (nSPS) is 10.7. The topological polar surface area (TPSA) is 6.48 Å². The Morgan fingerprint density at radius 3 is 1.22 bits per heavy atom. The van der Waals surface area contributed by atoms with Gasteiger partial charge in [0.2, 0.25) is 0 Å². The fraction of sp³-hybridized carbons (Fsp3) is 0.250. The molecule has 0 radical (unpaired) electrons. The second kappa shape index (κ2) is 5.23. The largest absolute Gasteiger partial charge is 0.275 e. The summed E-state index contributed by atoms with van der Waals surface area (Å²) in [5.74, 6) is 0. The van der Waals surface area contributed by atoms with Crippen molar-refractivity contribution in [1.82, 2.24) is 5.01 Å². The molecule has 0 bridgehead atoms. The molecule has 2 aromatic carbocycles. The van der Waals surface area contributed by atoms with Gasteiger partial charge in [-0.25, -0.2) is 5.01 Å². The third kappa shape index (κ3) is 2.71. The van der Waals surface area contributed by atoms with E-state index in [9.17, 15) is 0 Å². The monoisotopic (exact) mass is 240 g/mol. The minimum atomic E-state index is 1.18. The maximum absolute atomic E-state index is 2.19. The van der Waals surface area contributed by atoms with E-state index < -0.39 is 0 Å². The van der Waals surface area contributed by atoms with E-state index in [0.29, 0.717) is 0 Å². The molecule has 0 heterocycles. The van der Waals surface area contributed by atoms with Gasteiger partial charge in [-0.2, -0.15) is 0 Å². The third-order valence-corrected chi connectivity index (χ3v) is 2.96. The zero-order chi connectivity index (χ0) is 13.1. The first-order valence-corrected chi connectivity index (χ1v) is 6.18. The van der Waals surface area contributed by atoms with Crippen LogP contribution in [0.4, 0.5) is 11.4 Å². The molecule has 2 heteroatoms. The highest BCUT2D eigenvalue weighted by Crippen LogP contribution is 2.26. The van der Waals surface area contributed by atoms with Crippen molar-refractivity contribution < 1.29 is 0 Å². The van der Waals surface area contributed by atoms with Crippen LogP contribution in [0.1, 0.15) is 11.1 Å². The Morgan fingerprint density at radius 2 is 0.944 bits per heavy atom. The molecule has 2 nitrogen and oxygen atoms in total. The first-order valence-electron chi connectivity index (χ1n) is 6.18. The van der Waals surface area contributed by atoms with Crippen molar-refractivity contribution in [3.63, 3.8) is 0 Å². The van der Waals surface area contributed by atoms with Gasteiger partial charge < -0.3 is 0 Å². The predicted octanol–water partition coefficient (Wildman–Crippen LogP) is 3.92. The average molecular weight is 240 g/mol. The van der Waals surface area contributed by atoms with Gasteiger partial charge in [-0.3, -0.25) is 5.01 Å². The Hall–Kier alpha value is -1.80. The lowest BCUT2D eigenvalue weighted by Crippen LogP contribution is -2.32. The molecule has 0 aliphatic carbocycles. The summed E-state index contributed by atoms with van der Waals surface area (Å²) >= 11 is 0. The SMILES string of the molecule is Cc1ccc(N(c2ccc(C)cc2)N(C)C)cc1. The standard InChI is InChI=1S/C16H20N2/c1-13-5-9-15(10-6-13)18(17(3)4)16-11-7-14(2)8-12-16/h5-12H,1-4H3. The summed E-state index contributed by atoms with van der Waals surface area (Å²) in [7, 11) is 4.11. The molecule has 2 aromatic rings. The van der Waals surface area contributed by atoms with E-state index in [1.165, 1.54) is 22.5 Å². The van der Waals surface area contributed by atoms with Crippen molar-refractivity contribution in [1.29, 1.82) is 0 Å². The molecule has 0 aliphatic rings. The van der Waals surface area contributed by atoms with Gasteiger partial charge in [0.1, 0.15) is 0 Å². The molecule has 0 spiro atoms. The second-order valence-electron chi connectivity index (χ2n) is 4.83. The van der Waals surface area contributed by atoms with E-state index in [2.05, 4.69) is 86.5 Å². The molecule has 94 valence electrons. The fourth-order valence-corrected chi connectivity index (χ4v) is 1.98. The van der Waals surface area contributed by atoms with Crippen molar-refractivity contribution in [2.75, 3.05) is 19.1 Å². The van der Waals surface area contributed by atoms with Gasteiger partial charge in [-0.05, 0) is 38.1 Å². The number of nitrogens with zero attached hydrogens (tertiary/aromatic N) is 2. The van der Waals surface area contributed by atoms with E-state index in [1.807, 2.05) is 0 Å². The highest BCUT2D eigenvalue weighted by Gasteiger charge is 2.10. The highest BCUT2D eigenvalue weighted by atomic mass is 15.6. The van der Waals surface area contributed by atoms with Gasteiger partial charge in [0, 0.05) is 14.1 Å². The molecule has 0 amide bonds. The zero-order valence-electron chi connectivity index (χ0n) is 11.5. The Labute approximate surface area is 109 Å². The number of hydrogen-bond donors (Lipinski definition) is 0. The van der Waals surface area contributed by atoms with Crippen LogP contribution in [0.15, 0.2) is 48.5 Å². The van der Waals surface area contributed by atoms with Gasteiger partial charge in [0.05, 0.1) is 11.4 Å². The molecule has 18 heavy (non-hydrogen) atoms. The number of anilines is 2. The van der Waals surface area contributed by atoms with Crippen LogP contribution in [0.3, 0.4) is 0 Å². The molecule has 0 saturated heterocycles. The molecule has 0 aromatic heterocycles. The number of hydrogen-bond acceptors (Lipinski definition) is 2. The molecule has 0 unspecified atom stereocenters. The first kappa shape index (κ1) is 12.7. The van der Waals surface area contributed by atoms with Crippen molar-refractivity contribution in [2.24, 2.45) is 0 Å². The van der Waals surface area contributed by atoms with Crippen molar-refractivity contribution >= 4 is 11.4 Å². The molecule has 0 aliphatic heterocycles. The summed E-state index contributed by atoms with van der Waals surface area (Å²) in [6, 6.07) is 17.1. The van der Waals surface area contributed by atoms with E-state index in [-0.39, 0.29) is 0 Å². The van der Waals surface area contributed by atoms with Crippen LogP contribution in [-0.2, 0) is 0 Å². The minimum absolute atomic E-state index is 1.18. The lowest BCUT2D eigenvalue weighted by Gasteiger charge is -2.31. The molecule has 0 saturated carbocycles. The fourth-order valence-electron chi connectivity index (χ4n) is 1.98. The summed E-state index contributed by atoms with van der Waals surface area (Å²) in [6.07, 6.45) is 0. The Morgan fingerprint density at radius 1 is 0.611 bits per heavy atom. The number of hydrazine groups is 1. The molecule has 0 N–H and O–H groups in total. The smallest absolute Gasteiger partial charge is 0.0580 e. The molecular weight excluding hydrogens is 220 g/mol. The molecule has 0 fully saturated rings. The first-order chi connectivity index (χ1) is 8.58. The zero-order valence-corrected chi connectivity index (χ0v) is 11.5. The van der Waals surface area contributed by atoms with E-state index in [1.54, 1.807) is 0 Å². The van der Waals surface area contributed by atoms with E-state index >= 15 is 0 Å². The highest BCUT2D eigenvalue weighted by molar-refractivity contribution is 5.62. The van der Waals surface area contributed by atoms with Gasteiger partial charge in [0.25, 0.3) is 0 Å². The minimum Gasteiger partial charge on any atom is -0.275 e. The molecular formula is C16H20N2. The average Bonchev–Trinajstić information content (AvgIpc) is 2.34. The Kier molecular flexibility index (Phi) is 3.68. The van der Waals surface area contributed by atoms with Crippen LogP contribution >= 0.6 is 0 Å². The van der Waals surface area contributed by atoms with Crippen molar-refractivity contribution in [3.8, 4) is 0 Å². The van der Waals surface area contributed by atoms with Crippen molar-refractivity contribution in [3.05, 3.63) is 59.7 Å². The number of benzene rings is 2. The number of aryl methyl sites for hydroxylation is 2. The van der Waals surface area contributed by atoms with Crippen LogP contribution in [-0.4, -0.2) is 19.1 Å². The van der Waals surface area contributed by atoms with Crippen LogP contribution in [0, 0.1) is 13.8 Å². The lowest BCUT2D eigenvalue weighted by atomic mass is 10.2. The van der Waals surface area contributed by atoms with E-state index in [0.717, 1.165) is 0 Å². The third-order valence-electron chi connectivity index (χ3n) is 2.96. The lowest BCUT2D eigenvalue weighted by molar-refractivity contribution is 0.418. The van der Waals surface area contributed by atoms with E-state index in [4.69, 9.17) is 0 Å². The quantitative estimate of drug-likeness (QED) is 0.750. The number of rotatable bonds is 3. The summed E-state index contributed by atoms with van der Waals surface area (Å²) in [4.78, 5) is 0. The second-order valence-corrected chi connectivity index (χ2v) is 4.83. The maximum Gasteiger partial charge on any atom is 0.0580 e. The summed E-state index contributed by atoms with van der Waals surface area (Å²) < 4.78 is 0. The maximum atomic E-state index is 2.19. The Bertz CT molecular complexity index is 452. The van der Waals surface area contributed by atoms with Gasteiger partial charge >= 0.3 is 0 Å². The van der Waals surface area contributed by atoms with Crippen LogP contribution in [0.25, 0.3) is 0 Å². The molecule has 2 rings (SSSR count). The van der Waals surface area contributed by atoms with Crippen molar-refractivity contribution in [2.45, 2.75) is 13.8 Å². The summed E-state index contributed by atoms with van der Waals surface area (Å²) in [5.41, 5.74) is 4.91. The van der Waals surface area contributed by atoms with Gasteiger partial charge in [-0.1, -0.05) is 35.4 Å². The summed E-state index contributed by atoms with van der Waals surface area (Å²) in [6.45, 7) is 4.21. The van der Waals surface area contributed by atoms with Crippen LogP contribution in [0.2, 0.25) is 0 Å². The van der Waals surface area contributed by atoms with Gasteiger partial charge in [-0.15, -0.1) is 0 Å². The van der Waals surface area contributed by atoms with Crippen LogP contribution in [0.5, 0.6) is 0 Å². The molecule has 0 atom stereocenters. The predicted molar refractivity (Wildman–Crippen MR) is 78.2 cm³/mol.